The summed E-state index contributed by atoms with van der Waals surface area (Å²) in [5.74, 6) is -1.10. The number of carboxylic acids is 1. The van der Waals surface area contributed by atoms with Gasteiger partial charge in [0, 0.05) is 6.20 Å². The van der Waals surface area contributed by atoms with Crippen molar-refractivity contribution in [2.75, 3.05) is 0 Å². The zero-order chi connectivity index (χ0) is 20.6. The number of carbonyl (C=O) groups is 1. The number of nitrogens with zero attached hydrogens (tertiary/aromatic N) is 2. The molecule has 0 aliphatic heterocycles. The van der Waals surface area contributed by atoms with Crippen molar-refractivity contribution in [2.24, 2.45) is 0 Å². The van der Waals surface area contributed by atoms with Crippen LogP contribution in [0.2, 0.25) is 0 Å². The molecule has 7 heteroatoms. The van der Waals surface area contributed by atoms with Gasteiger partial charge in [0.1, 0.15) is 5.56 Å². The van der Waals surface area contributed by atoms with Crippen LogP contribution in [0.25, 0.3) is 5.52 Å². The molecule has 0 amide bonds. The first kappa shape index (κ1) is 22.2. The lowest BCUT2D eigenvalue weighted by atomic mass is 10.0. The highest BCUT2D eigenvalue weighted by atomic mass is 19.4. The second-order valence-corrected chi connectivity index (χ2v) is 5.06. The van der Waals surface area contributed by atoms with E-state index in [4.69, 9.17) is 0 Å². The number of carboxylic acid groups (broad SMARTS) is 1. The van der Waals surface area contributed by atoms with Crippen LogP contribution in [0.1, 0.15) is 54.7 Å². The fourth-order valence-electron chi connectivity index (χ4n) is 2.45. The Morgan fingerprint density at radius 1 is 1.07 bits per heavy atom. The van der Waals surface area contributed by atoms with Gasteiger partial charge in [0.25, 0.3) is 0 Å². The van der Waals surface area contributed by atoms with Crippen LogP contribution in [0.3, 0.4) is 0 Å². The standard InChI is InChI=1S/C16H11F3N2O2.2C2H6/c17-16(18,19)12-5-3-10(4-6-12)8-11-2-1-7-21-14(11)13(9-20-21)15(22)23;2*1-2/h1-7,9H,8H2,(H,22,23);2*1-2H3. The predicted molar refractivity (Wildman–Crippen MR) is 99.1 cm³/mol. The first-order valence-corrected chi connectivity index (χ1v) is 8.71. The topological polar surface area (TPSA) is 54.6 Å². The number of rotatable bonds is 3. The molecule has 1 N–H and O–H groups in total. The molecule has 3 rings (SSSR count). The molecule has 0 spiro atoms. The molecule has 0 saturated carbocycles. The predicted octanol–water partition coefficient (Wildman–Crippen LogP) is 5.69. The second kappa shape index (κ2) is 9.75. The Labute approximate surface area is 156 Å². The fourth-order valence-corrected chi connectivity index (χ4v) is 2.45. The van der Waals surface area contributed by atoms with Crippen molar-refractivity contribution in [1.29, 1.82) is 0 Å². The van der Waals surface area contributed by atoms with Crippen molar-refractivity contribution in [3.8, 4) is 0 Å². The summed E-state index contributed by atoms with van der Waals surface area (Å²) in [7, 11) is 0. The van der Waals surface area contributed by atoms with Crippen LogP contribution in [0.5, 0.6) is 0 Å². The monoisotopic (exact) mass is 380 g/mol. The van der Waals surface area contributed by atoms with Gasteiger partial charge < -0.3 is 5.11 Å². The lowest BCUT2D eigenvalue weighted by molar-refractivity contribution is -0.137. The highest BCUT2D eigenvalue weighted by Crippen LogP contribution is 2.29. The van der Waals surface area contributed by atoms with Gasteiger partial charge in [0.15, 0.2) is 0 Å². The summed E-state index contributed by atoms with van der Waals surface area (Å²) in [5, 5.41) is 13.2. The van der Waals surface area contributed by atoms with E-state index in [1.54, 1.807) is 18.3 Å². The molecule has 2 aromatic heterocycles. The maximum atomic E-state index is 12.6. The lowest BCUT2D eigenvalue weighted by Crippen LogP contribution is -2.05. The summed E-state index contributed by atoms with van der Waals surface area (Å²) in [6, 6.07) is 8.27. The second-order valence-electron chi connectivity index (χ2n) is 5.06. The lowest BCUT2D eigenvalue weighted by Gasteiger charge is -2.09. The number of hydrogen-bond donors (Lipinski definition) is 1. The third-order valence-electron chi connectivity index (χ3n) is 3.53. The molecule has 0 atom stereocenters. The molecule has 0 bridgehead atoms. The quantitative estimate of drug-likeness (QED) is 0.635. The van der Waals surface area contributed by atoms with Gasteiger partial charge in [-0.25, -0.2) is 9.31 Å². The SMILES string of the molecule is CC.CC.O=C(O)c1cnn2cccc(Cc3ccc(C(F)(F)F)cc3)c12. The number of pyridine rings is 1. The Bertz CT molecular complexity index is 869. The molecule has 3 aromatic rings. The van der Waals surface area contributed by atoms with E-state index in [0.29, 0.717) is 23.1 Å². The van der Waals surface area contributed by atoms with Crippen LogP contribution in [0.15, 0.2) is 48.8 Å². The Hall–Kier alpha value is -2.83. The van der Waals surface area contributed by atoms with Gasteiger partial charge in [-0.3, -0.25) is 0 Å². The van der Waals surface area contributed by atoms with Crippen molar-refractivity contribution in [1.82, 2.24) is 9.61 Å². The number of alkyl halides is 3. The van der Waals surface area contributed by atoms with Crippen molar-refractivity contribution < 1.29 is 23.1 Å². The van der Waals surface area contributed by atoms with Gasteiger partial charge in [-0.05, 0) is 35.7 Å². The molecule has 0 aliphatic rings. The van der Waals surface area contributed by atoms with Crippen molar-refractivity contribution in [2.45, 2.75) is 40.3 Å². The molecule has 0 unspecified atom stereocenters. The minimum absolute atomic E-state index is 0.0625. The molecule has 4 nitrogen and oxygen atoms in total. The average Bonchev–Trinajstić information content (AvgIpc) is 3.10. The van der Waals surface area contributed by atoms with Crippen LogP contribution >= 0.6 is 0 Å². The van der Waals surface area contributed by atoms with Gasteiger partial charge in [0.05, 0.1) is 17.3 Å². The number of aromatic carboxylic acids is 1. The van der Waals surface area contributed by atoms with Gasteiger partial charge in [0.2, 0.25) is 0 Å². The molecule has 0 aliphatic carbocycles. The number of halogens is 3. The van der Waals surface area contributed by atoms with E-state index in [9.17, 15) is 23.1 Å². The van der Waals surface area contributed by atoms with Gasteiger partial charge in [-0.15, -0.1) is 0 Å². The highest BCUT2D eigenvalue weighted by Gasteiger charge is 2.29. The third-order valence-corrected chi connectivity index (χ3v) is 3.53. The van der Waals surface area contributed by atoms with Crippen molar-refractivity contribution >= 4 is 11.5 Å². The summed E-state index contributed by atoms with van der Waals surface area (Å²) in [4.78, 5) is 11.3. The Balaban J connectivity index is 0.000000855. The van der Waals surface area contributed by atoms with Crippen LogP contribution in [-0.2, 0) is 12.6 Å². The van der Waals surface area contributed by atoms with E-state index >= 15 is 0 Å². The van der Waals surface area contributed by atoms with E-state index in [1.807, 2.05) is 27.7 Å². The molecule has 146 valence electrons. The molecular formula is C20H23F3N2O2. The molecule has 27 heavy (non-hydrogen) atoms. The molecule has 0 radical (unpaired) electrons. The van der Waals surface area contributed by atoms with E-state index in [1.165, 1.54) is 22.8 Å². The number of benzene rings is 1. The minimum Gasteiger partial charge on any atom is -0.478 e. The van der Waals surface area contributed by atoms with Crippen LogP contribution in [0.4, 0.5) is 13.2 Å². The average molecular weight is 380 g/mol. The van der Waals surface area contributed by atoms with Crippen LogP contribution < -0.4 is 0 Å². The van der Waals surface area contributed by atoms with E-state index in [2.05, 4.69) is 5.10 Å². The smallest absolute Gasteiger partial charge is 0.416 e. The minimum atomic E-state index is -4.37. The Morgan fingerprint density at radius 3 is 2.19 bits per heavy atom. The summed E-state index contributed by atoms with van der Waals surface area (Å²) in [5.41, 5.74) is 1.13. The summed E-state index contributed by atoms with van der Waals surface area (Å²) < 4.78 is 39.2. The van der Waals surface area contributed by atoms with Crippen LogP contribution in [-0.4, -0.2) is 20.7 Å². The number of hydrogen-bond acceptors (Lipinski definition) is 2. The maximum Gasteiger partial charge on any atom is 0.416 e. The van der Waals surface area contributed by atoms with Crippen LogP contribution in [0, 0.1) is 0 Å². The number of fused-ring (bicyclic) bond motifs is 1. The maximum absolute atomic E-state index is 12.6. The summed E-state index contributed by atoms with van der Waals surface area (Å²) >= 11 is 0. The largest absolute Gasteiger partial charge is 0.478 e. The van der Waals surface area contributed by atoms with E-state index in [0.717, 1.165) is 12.1 Å². The molecule has 0 saturated heterocycles. The van der Waals surface area contributed by atoms with Gasteiger partial charge >= 0.3 is 12.1 Å². The normalized spacial score (nSPS) is 10.5. The molecule has 0 fully saturated rings. The summed E-state index contributed by atoms with van der Waals surface area (Å²) in [6.45, 7) is 8.00. The van der Waals surface area contributed by atoms with Crippen molar-refractivity contribution in [3.05, 3.63) is 71.0 Å². The highest BCUT2D eigenvalue weighted by molar-refractivity contribution is 5.96. The fraction of sp³-hybridized carbons (Fsp3) is 0.300. The first-order valence-electron chi connectivity index (χ1n) is 8.71. The third kappa shape index (κ3) is 5.32. The van der Waals surface area contributed by atoms with Gasteiger partial charge in [-0.1, -0.05) is 45.9 Å². The van der Waals surface area contributed by atoms with E-state index in [-0.39, 0.29) is 5.56 Å². The Kier molecular flexibility index (Phi) is 8.02. The summed E-state index contributed by atoms with van der Waals surface area (Å²) in [6.07, 6.45) is -1.18. The first-order chi connectivity index (χ1) is 12.9. The molecule has 1 aromatic carbocycles. The zero-order valence-corrected chi connectivity index (χ0v) is 15.7. The van der Waals surface area contributed by atoms with E-state index < -0.39 is 17.7 Å². The Morgan fingerprint density at radius 2 is 1.67 bits per heavy atom. The van der Waals surface area contributed by atoms with Crippen molar-refractivity contribution in [3.63, 3.8) is 0 Å². The van der Waals surface area contributed by atoms with Gasteiger partial charge in [-0.2, -0.15) is 18.3 Å². The zero-order valence-electron chi connectivity index (χ0n) is 15.7. The molecular weight excluding hydrogens is 357 g/mol. The molecule has 2 heterocycles. The number of aromatic nitrogens is 2.